The molecule has 100 valence electrons. The van der Waals surface area contributed by atoms with Crippen molar-refractivity contribution in [2.24, 2.45) is 0 Å². The first-order valence-electron chi connectivity index (χ1n) is 5.43. The fourth-order valence-corrected chi connectivity index (χ4v) is 1.84. The Kier molecular flexibility index (Phi) is 7.43. The summed E-state index contributed by atoms with van der Waals surface area (Å²) in [5, 5.41) is 9.35. The summed E-state index contributed by atoms with van der Waals surface area (Å²) in [6, 6.07) is 0. The van der Waals surface area contributed by atoms with E-state index >= 15 is 0 Å². The van der Waals surface area contributed by atoms with Crippen LogP contribution in [0.3, 0.4) is 0 Å². The largest absolute Gasteiger partial charge is 0.508 e. The van der Waals surface area contributed by atoms with E-state index in [0.717, 1.165) is 19.0 Å². The predicted molar refractivity (Wildman–Crippen MR) is 72.7 cm³/mol. The molecule has 1 saturated heterocycles. The average molecular weight is 283 g/mol. The molecule has 0 aliphatic carbocycles. The van der Waals surface area contributed by atoms with Crippen LogP contribution in [0.25, 0.3) is 0 Å². The van der Waals surface area contributed by atoms with Crippen LogP contribution >= 0.6 is 24.8 Å². The van der Waals surface area contributed by atoms with Crippen LogP contribution in [0.1, 0.15) is 12.8 Å². The molecular weight excluding hydrogens is 263 g/mol. The van der Waals surface area contributed by atoms with Crippen molar-refractivity contribution in [3.05, 3.63) is 23.8 Å². The number of allylic oxidation sites excluding steroid dienone is 1. The molecule has 1 N–H and O–H groups in total. The second kappa shape index (κ2) is 7.69. The number of rotatable bonds is 3. The van der Waals surface area contributed by atoms with Crippen molar-refractivity contribution in [3.8, 4) is 0 Å². The fourth-order valence-electron chi connectivity index (χ4n) is 1.84. The molecule has 2 aliphatic heterocycles. The Bertz CT molecular complexity index is 289. The summed E-state index contributed by atoms with van der Waals surface area (Å²) >= 11 is 0. The van der Waals surface area contributed by atoms with E-state index in [1.807, 2.05) is 11.9 Å². The highest BCUT2D eigenvalue weighted by Crippen LogP contribution is 2.14. The third kappa shape index (κ3) is 4.66. The van der Waals surface area contributed by atoms with Gasteiger partial charge in [0.15, 0.2) is 5.88 Å². The average Bonchev–Trinajstić information content (AvgIpc) is 2.72. The lowest BCUT2D eigenvalue weighted by atomic mass is 10.3. The predicted octanol–water partition coefficient (Wildman–Crippen LogP) is 2.13. The number of nitrogens with zero attached hydrogens (tertiary/aromatic N) is 2. The summed E-state index contributed by atoms with van der Waals surface area (Å²) in [6.07, 6.45) is 5.97. The van der Waals surface area contributed by atoms with E-state index in [9.17, 15) is 5.11 Å². The maximum atomic E-state index is 9.35. The number of likely N-dealkylation sites (N-methyl/N-ethyl adjacent to an activating group) is 1. The van der Waals surface area contributed by atoms with E-state index < -0.39 is 0 Å². The van der Waals surface area contributed by atoms with E-state index in [1.54, 1.807) is 12.2 Å². The van der Waals surface area contributed by atoms with E-state index in [2.05, 4.69) is 4.90 Å². The minimum atomic E-state index is 0. The number of aliphatic hydroxyl groups excluding tert-OH is 1. The highest BCUT2D eigenvalue weighted by atomic mass is 35.5. The van der Waals surface area contributed by atoms with Crippen molar-refractivity contribution in [2.45, 2.75) is 12.8 Å². The summed E-state index contributed by atoms with van der Waals surface area (Å²) in [4.78, 5) is 4.26. The SMILES string of the molecule is CN1CC=C(O)C=C1OCN1CCCC1.Cl.Cl. The molecule has 0 radical (unpaired) electrons. The van der Waals surface area contributed by atoms with Crippen molar-refractivity contribution in [3.63, 3.8) is 0 Å². The van der Waals surface area contributed by atoms with Crippen LogP contribution in [0, 0.1) is 0 Å². The van der Waals surface area contributed by atoms with Crippen LogP contribution in [-0.4, -0.2) is 48.3 Å². The van der Waals surface area contributed by atoms with Gasteiger partial charge in [0, 0.05) is 32.8 Å². The van der Waals surface area contributed by atoms with Gasteiger partial charge in [-0.1, -0.05) is 0 Å². The number of ether oxygens (including phenoxy) is 1. The van der Waals surface area contributed by atoms with E-state index in [1.165, 1.54) is 12.8 Å². The molecule has 0 atom stereocenters. The molecule has 17 heavy (non-hydrogen) atoms. The fraction of sp³-hybridized carbons (Fsp3) is 0.636. The first-order chi connectivity index (χ1) is 7.25. The third-order valence-electron chi connectivity index (χ3n) is 2.82. The molecule has 2 aliphatic rings. The van der Waals surface area contributed by atoms with Crippen molar-refractivity contribution < 1.29 is 9.84 Å². The standard InChI is InChI=1S/C11H18N2O2.2ClH/c1-12-7-4-10(14)8-11(12)15-9-13-5-2-3-6-13;;/h4,8,14H,2-3,5-7,9H2,1H3;2*1H. The number of hydrogen-bond acceptors (Lipinski definition) is 4. The Morgan fingerprint density at radius 1 is 1.29 bits per heavy atom. The summed E-state index contributed by atoms with van der Waals surface area (Å²) in [5.74, 6) is 1.05. The van der Waals surface area contributed by atoms with Gasteiger partial charge in [0.2, 0.25) is 0 Å². The quantitative estimate of drug-likeness (QED) is 0.860. The molecule has 0 spiro atoms. The van der Waals surface area contributed by atoms with Gasteiger partial charge in [-0.05, 0) is 18.9 Å². The lowest BCUT2D eigenvalue weighted by Crippen LogP contribution is -2.28. The third-order valence-corrected chi connectivity index (χ3v) is 2.82. The molecule has 0 saturated carbocycles. The van der Waals surface area contributed by atoms with Gasteiger partial charge in [0.05, 0.1) is 0 Å². The second-order valence-electron chi connectivity index (χ2n) is 4.09. The zero-order chi connectivity index (χ0) is 10.7. The zero-order valence-electron chi connectivity index (χ0n) is 9.96. The Balaban J connectivity index is 0.00000128. The van der Waals surface area contributed by atoms with Crippen LogP contribution in [-0.2, 0) is 4.74 Å². The van der Waals surface area contributed by atoms with Gasteiger partial charge in [0.1, 0.15) is 12.5 Å². The number of likely N-dealkylation sites (tertiary alicyclic amines) is 1. The zero-order valence-corrected chi connectivity index (χ0v) is 11.6. The van der Waals surface area contributed by atoms with Gasteiger partial charge in [-0.3, -0.25) is 4.90 Å². The summed E-state index contributed by atoms with van der Waals surface area (Å²) in [7, 11) is 1.96. The van der Waals surface area contributed by atoms with Gasteiger partial charge in [0.25, 0.3) is 0 Å². The monoisotopic (exact) mass is 282 g/mol. The number of halogens is 2. The molecule has 2 heterocycles. The molecule has 0 bridgehead atoms. The van der Waals surface area contributed by atoms with Gasteiger partial charge in [-0.15, -0.1) is 24.8 Å². The van der Waals surface area contributed by atoms with Crippen molar-refractivity contribution in [1.29, 1.82) is 0 Å². The van der Waals surface area contributed by atoms with Crippen LogP contribution in [0.4, 0.5) is 0 Å². The Morgan fingerprint density at radius 3 is 2.59 bits per heavy atom. The van der Waals surface area contributed by atoms with E-state index in [-0.39, 0.29) is 24.8 Å². The normalized spacial score (nSPS) is 19.9. The molecule has 0 amide bonds. The molecule has 4 nitrogen and oxygen atoms in total. The van der Waals surface area contributed by atoms with Gasteiger partial charge >= 0.3 is 0 Å². The first kappa shape index (κ1) is 16.4. The van der Waals surface area contributed by atoms with Crippen molar-refractivity contribution in [2.75, 3.05) is 33.4 Å². The van der Waals surface area contributed by atoms with Crippen LogP contribution in [0.5, 0.6) is 0 Å². The molecular formula is C11H20Cl2N2O2. The molecule has 1 fully saturated rings. The Labute approximate surface area is 115 Å². The first-order valence-corrected chi connectivity index (χ1v) is 5.43. The van der Waals surface area contributed by atoms with Crippen LogP contribution < -0.4 is 0 Å². The van der Waals surface area contributed by atoms with Crippen LogP contribution in [0.15, 0.2) is 23.8 Å². The van der Waals surface area contributed by atoms with E-state index in [4.69, 9.17) is 4.74 Å². The number of aliphatic hydroxyl groups is 1. The summed E-state index contributed by atoms with van der Waals surface area (Å²) in [5.41, 5.74) is 0. The molecule has 0 aromatic carbocycles. The summed E-state index contributed by atoms with van der Waals surface area (Å²) < 4.78 is 5.66. The molecule has 6 heteroatoms. The maximum absolute atomic E-state index is 9.35. The highest BCUT2D eigenvalue weighted by molar-refractivity contribution is 5.85. The minimum absolute atomic E-state index is 0. The molecule has 0 aromatic heterocycles. The second-order valence-corrected chi connectivity index (χ2v) is 4.09. The lowest BCUT2D eigenvalue weighted by Gasteiger charge is -2.26. The Morgan fingerprint density at radius 2 is 1.94 bits per heavy atom. The van der Waals surface area contributed by atoms with Crippen LogP contribution in [0.2, 0.25) is 0 Å². The summed E-state index contributed by atoms with van der Waals surface area (Å²) in [6.45, 7) is 3.58. The molecule has 2 rings (SSSR count). The van der Waals surface area contributed by atoms with Gasteiger partial charge < -0.3 is 14.7 Å². The lowest BCUT2D eigenvalue weighted by molar-refractivity contribution is 0.0483. The maximum Gasteiger partial charge on any atom is 0.194 e. The topological polar surface area (TPSA) is 35.9 Å². The van der Waals surface area contributed by atoms with Crippen molar-refractivity contribution in [1.82, 2.24) is 9.80 Å². The smallest absolute Gasteiger partial charge is 0.194 e. The minimum Gasteiger partial charge on any atom is -0.508 e. The van der Waals surface area contributed by atoms with E-state index in [0.29, 0.717) is 19.0 Å². The molecule has 0 aromatic rings. The molecule has 0 unspecified atom stereocenters. The Hall–Kier alpha value is -0.580. The van der Waals surface area contributed by atoms with Gasteiger partial charge in [-0.25, -0.2) is 0 Å². The number of hydrogen-bond donors (Lipinski definition) is 1. The highest BCUT2D eigenvalue weighted by Gasteiger charge is 2.15. The van der Waals surface area contributed by atoms with Crippen molar-refractivity contribution >= 4 is 24.8 Å². The van der Waals surface area contributed by atoms with Gasteiger partial charge in [-0.2, -0.15) is 0 Å².